The number of hydrogen-bond donors (Lipinski definition) is 2. The predicted molar refractivity (Wildman–Crippen MR) is 79.2 cm³/mol. The third-order valence-electron chi connectivity index (χ3n) is 3.88. The number of aliphatic hydroxyl groups excluding tert-OH is 1. The molecule has 4 heteroatoms. The van der Waals surface area contributed by atoms with Crippen LogP contribution in [0, 0.1) is 29.5 Å². The number of nitrogens with one attached hydrogen (secondary N) is 1. The highest BCUT2D eigenvalue weighted by Gasteiger charge is 2.22. The minimum absolute atomic E-state index is 0.224. The molecule has 112 valence electrons. The molecule has 3 nitrogen and oxygen atoms in total. The van der Waals surface area contributed by atoms with E-state index in [1.807, 2.05) is 0 Å². The van der Waals surface area contributed by atoms with E-state index >= 15 is 0 Å². The first-order valence-electron chi connectivity index (χ1n) is 7.27. The summed E-state index contributed by atoms with van der Waals surface area (Å²) in [5.41, 5.74) is 0.657. The minimum Gasteiger partial charge on any atom is -0.384 e. The summed E-state index contributed by atoms with van der Waals surface area (Å²) in [5, 5.41) is 11.6. The first kappa shape index (κ1) is 15.5. The number of benzene rings is 1. The second-order valence-electron chi connectivity index (χ2n) is 5.64. The van der Waals surface area contributed by atoms with Crippen molar-refractivity contribution in [3.05, 3.63) is 35.1 Å². The Morgan fingerprint density at radius 2 is 2.29 bits per heavy atom. The predicted octanol–water partition coefficient (Wildman–Crippen LogP) is 2.34. The van der Waals surface area contributed by atoms with Gasteiger partial charge in [-0.15, -0.1) is 0 Å². The van der Waals surface area contributed by atoms with Crippen LogP contribution in [-0.4, -0.2) is 24.2 Å². The van der Waals surface area contributed by atoms with Crippen LogP contribution in [0.15, 0.2) is 18.2 Å². The zero-order valence-electron chi connectivity index (χ0n) is 12.2. The van der Waals surface area contributed by atoms with E-state index in [1.54, 1.807) is 0 Å². The fraction of sp³-hybridized carbons (Fsp3) is 0.471. The quantitative estimate of drug-likeness (QED) is 0.839. The molecule has 2 atom stereocenters. The molecule has 0 heterocycles. The largest absolute Gasteiger partial charge is 0.384 e. The van der Waals surface area contributed by atoms with E-state index in [4.69, 9.17) is 5.11 Å². The van der Waals surface area contributed by atoms with E-state index in [0.29, 0.717) is 23.9 Å². The van der Waals surface area contributed by atoms with Gasteiger partial charge in [-0.05, 0) is 42.9 Å². The Hall–Kier alpha value is -1.86. The van der Waals surface area contributed by atoms with Crippen molar-refractivity contribution in [2.75, 3.05) is 13.2 Å². The minimum atomic E-state index is -0.468. The Morgan fingerprint density at radius 1 is 1.48 bits per heavy atom. The van der Waals surface area contributed by atoms with Crippen molar-refractivity contribution in [2.24, 2.45) is 11.8 Å². The lowest BCUT2D eigenvalue weighted by Crippen LogP contribution is -2.29. The molecule has 1 aliphatic rings. The number of carbonyl (C=O) groups is 1. The number of aliphatic hydroxyl groups is 1. The van der Waals surface area contributed by atoms with Gasteiger partial charge in [-0.3, -0.25) is 4.79 Å². The van der Waals surface area contributed by atoms with E-state index in [1.165, 1.54) is 24.6 Å². The van der Waals surface area contributed by atoms with Crippen LogP contribution in [0.4, 0.5) is 4.39 Å². The molecule has 0 radical (unpaired) electrons. The highest BCUT2D eigenvalue weighted by atomic mass is 19.1. The number of carbonyl (C=O) groups excluding carboxylic acids is 1. The molecule has 1 aromatic rings. The second-order valence-corrected chi connectivity index (χ2v) is 5.64. The van der Waals surface area contributed by atoms with E-state index < -0.39 is 5.82 Å². The topological polar surface area (TPSA) is 49.3 Å². The normalized spacial score (nSPS) is 20.7. The number of amides is 1. The van der Waals surface area contributed by atoms with Crippen LogP contribution in [0.25, 0.3) is 0 Å². The lowest BCUT2D eigenvalue weighted by Gasteiger charge is -2.12. The van der Waals surface area contributed by atoms with E-state index in [0.717, 1.165) is 12.8 Å². The van der Waals surface area contributed by atoms with Gasteiger partial charge in [-0.1, -0.05) is 25.2 Å². The van der Waals surface area contributed by atoms with Gasteiger partial charge >= 0.3 is 0 Å². The molecule has 0 saturated heterocycles. The summed E-state index contributed by atoms with van der Waals surface area (Å²) in [5.74, 6) is 5.61. The first-order chi connectivity index (χ1) is 10.1. The molecule has 2 unspecified atom stereocenters. The number of halogens is 1. The van der Waals surface area contributed by atoms with Crippen molar-refractivity contribution in [1.82, 2.24) is 5.32 Å². The molecule has 1 saturated carbocycles. The first-order valence-corrected chi connectivity index (χ1v) is 7.27. The van der Waals surface area contributed by atoms with Gasteiger partial charge < -0.3 is 10.4 Å². The molecule has 0 spiro atoms. The van der Waals surface area contributed by atoms with Gasteiger partial charge in [0.25, 0.3) is 5.91 Å². The SMILES string of the molecule is CC1CCC(CNC(=O)c2cc(F)ccc2C#CCO)C1. The van der Waals surface area contributed by atoms with E-state index in [9.17, 15) is 9.18 Å². The van der Waals surface area contributed by atoms with Gasteiger partial charge in [0.2, 0.25) is 0 Å². The van der Waals surface area contributed by atoms with Gasteiger partial charge in [-0.2, -0.15) is 0 Å². The molecule has 2 N–H and O–H groups in total. The summed E-state index contributed by atoms with van der Waals surface area (Å²) in [4.78, 5) is 12.2. The Kier molecular flexibility index (Phi) is 5.35. The monoisotopic (exact) mass is 289 g/mol. The van der Waals surface area contributed by atoms with Crippen molar-refractivity contribution in [3.8, 4) is 11.8 Å². The van der Waals surface area contributed by atoms with Crippen molar-refractivity contribution >= 4 is 5.91 Å². The summed E-state index contributed by atoms with van der Waals surface area (Å²) in [6.45, 7) is 2.54. The second kappa shape index (κ2) is 7.24. The van der Waals surface area contributed by atoms with Crippen molar-refractivity contribution in [2.45, 2.75) is 26.2 Å². The third-order valence-corrected chi connectivity index (χ3v) is 3.88. The summed E-state index contributed by atoms with van der Waals surface area (Å²) < 4.78 is 13.3. The zero-order valence-corrected chi connectivity index (χ0v) is 12.2. The maximum absolute atomic E-state index is 13.3. The fourth-order valence-corrected chi connectivity index (χ4v) is 2.79. The lowest BCUT2D eigenvalue weighted by atomic mass is 10.0. The van der Waals surface area contributed by atoms with E-state index in [2.05, 4.69) is 24.1 Å². The Labute approximate surface area is 124 Å². The molecule has 1 fully saturated rings. The molecular weight excluding hydrogens is 269 g/mol. The molecule has 1 aromatic carbocycles. The molecule has 21 heavy (non-hydrogen) atoms. The van der Waals surface area contributed by atoms with Crippen LogP contribution in [0.3, 0.4) is 0 Å². The van der Waals surface area contributed by atoms with Crippen molar-refractivity contribution < 1.29 is 14.3 Å². The Bertz CT molecular complexity index is 574. The zero-order chi connectivity index (χ0) is 15.2. The van der Waals surface area contributed by atoms with Gasteiger partial charge in [0.1, 0.15) is 12.4 Å². The Morgan fingerprint density at radius 3 is 2.95 bits per heavy atom. The smallest absolute Gasteiger partial charge is 0.252 e. The van der Waals surface area contributed by atoms with Crippen molar-refractivity contribution in [1.29, 1.82) is 0 Å². The highest BCUT2D eigenvalue weighted by Crippen LogP contribution is 2.29. The molecule has 0 bridgehead atoms. The highest BCUT2D eigenvalue weighted by molar-refractivity contribution is 5.96. The maximum Gasteiger partial charge on any atom is 0.252 e. The molecule has 0 aliphatic heterocycles. The van der Waals surface area contributed by atoms with Crippen LogP contribution < -0.4 is 5.32 Å². The summed E-state index contributed by atoms with van der Waals surface area (Å²) in [6.07, 6.45) is 3.45. The van der Waals surface area contributed by atoms with Crippen molar-refractivity contribution in [3.63, 3.8) is 0 Å². The van der Waals surface area contributed by atoms with Gasteiger partial charge in [0.05, 0.1) is 5.56 Å². The lowest BCUT2D eigenvalue weighted by molar-refractivity contribution is 0.0946. The third kappa shape index (κ3) is 4.30. The molecule has 1 amide bonds. The van der Waals surface area contributed by atoms with Crippen LogP contribution in [-0.2, 0) is 0 Å². The fourth-order valence-electron chi connectivity index (χ4n) is 2.79. The number of hydrogen-bond acceptors (Lipinski definition) is 2. The van der Waals surface area contributed by atoms with Crippen LogP contribution in [0.2, 0.25) is 0 Å². The van der Waals surface area contributed by atoms with Crippen LogP contribution in [0.1, 0.15) is 42.1 Å². The summed E-state index contributed by atoms with van der Waals surface area (Å²) in [6, 6.07) is 3.91. The van der Waals surface area contributed by atoms with E-state index in [-0.39, 0.29) is 18.1 Å². The van der Waals surface area contributed by atoms with Crippen LogP contribution in [0.5, 0.6) is 0 Å². The molecule has 1 aliphatic carbocycles. The summed E-state index contributed by atoms with van der Waals surface area (Å²) in [7, 11) is 0. The summed E-state index contributed by atoms with van der Waals surface area (Å²) >= 11 is 0. The van der Waals surface area contributed by atoms with Gasteiger partial charge in [0, 0.05) is 12.1 Å². The molecule has 0 aromatic heterocycles. The number of rotatable bonds is 3. The molecule has 2 rings (SSSR count). The average molecular weight is 289 g/mol. The van der Waals surface area contributed by atoms with Crippen LogP contribution >= 0.6 is 0 Å². The Balaban J connectivity index is 2.05. The molecular formula is C17H20FNO2. The average Bonchev–Trinajstić information content (AvgIpc) is 2.89. The standard InChI is InChI=1S/C17H20FNO2/c1-12-4-5-13(9-12)11-19-17(21)16-10-15(18)7-6-14(16)3-2-8-20/h6-7,10,12-13,20H,4-5,8-9,11H2,1H3,(H,19,21). The van der Waals surface area contributed by atoms with Gasteiger partial charge in [0.15, 0.2) is 0 Å². The van der Waals surface area contributed by atoms with Gasteiger partial charge in [-0.25, -0.2) is 4.39 Å². The maximum atomic E-state index is 13.3.